The average molecular weight is 504 g/mol. The lowest BCUT2D eigenvalue weighted by Gasteiger charge is -2.33. The minimum atomic E-state index is -0.680. The van der Waals surface area contributed by atoms with E-state index in [-0.39, 0.29) is 23.4 Å². The SMILES string of the molecule is CN1/C(=C/C2C(=O)/C(=C/C3=[N+](CCO)c4ccccc4C3(C)C)C2=C(C#N)C#N)C(C)(C)c2ccccc21. The molecular weight excluding hydrogens is 472 g/mol. The van der Waals surface area contributed by atoms with Crippen molar-refractivity contribution in [3.8, 4) is 12.1 Å². The molecule has 2 aromatic rings. The van der Waals surface area contributed by atoms with Crippen molar-refractivity contribution in [2.75, 3.05) is 25.1 Å². The number of likely N-dealkylation sites (N-methyl/N-ethyl adjacent to an activating group) is 1. The molecule has 1 N–H and O–H groups in total. The third-order valence-electron chi connectivity index (χ3n) is 8.31. The van der Waals surface area contributed by atoms with Gasteiger partial charge in [0.05, 0.1) is 11.3 Å². The van der Waals surface area contributed by atoms with E-state index in [1.54, 1.807) is 0 Å². The van der Waals surface area contributed by atoms with Crippen LogP contribution in [-0.2, 0) is 15.6 Å². The monoisotopic (exact) mass is 503 g/mol. The highest BCUT2D eigenvalue weighted by Crippen LogP contribution is 2.50. The number of aliphatic hydroxyl groups excluding tert-OH is 1. The smallest absolute Gasteiger partial charge is 0.209 e. The first-order chi connectivity index (χ1) is 18.1. The molecule has 38 heavy (non-hydrogen) atoms. The van der Waals surface area contributed by atoms with Gasteiger partial charge in [-0.25, -0.2) is 0 Å². The number of nitrogens with zero attached hydrogens (tertiary/aromatic N) is 4. The highest BCUT2D eigenvalue weighted by Gasteiger charge is 2.49. The summed E-state index contributed by atoms with van der Waals surface area (Å²) < 4.78 is 2.03. The lowest BCUT2D eigenvalue weighted by Crippen LogP contribution is -2.37. The van der Waals surface area contributed by atoms with Crippen molar-refractivity contribution in [2.24, 2.45) is 5.92 Å². The molecule has 0 radical (unpaired) electrons. The van der Waals surface area contributed by atoms with Crippen molar-refractivity contribution in [3.63, 3.8) is 0 Å². The predicted octanol–water partition coefficient (Wildman–Crippen LogP) is 4.84. The zero-order chi connectivity index (χ0) is 27.4. The molecule has 6 heteroatoms. The molecule has 0 bridgehead atoms. The second-order valence-electron chi connectivity index (χ2n) is 11.1. The number of ketones is 1. The molecule has 0 amide bonds. The van der Waals surface area contributed by atoms with Gasteiger partial charge >= 0.3 is 0 Å². The number of anilines is 1. The van der Waals surface area contributed by atoms with Crippen LogP contribution in [0.1, 0.15) is 38.8 Å². The van der Waals surface area contributed by atoms with Crippen molar-refractivity contribution in [1.29, 1.82) is 10.5 Å². The zero-order valence-electron chi connectivity index (χ0n) is 22.4. The predicted molar refractivity (Wildman–Crippen MR) is 147 cm³/mol. The molecule has 3 aliphatic rings. The number of fused-ring (bicyclic) bond motifs is 2. The molecule has 1 atom stereocenters. The Morgan fingerprint density at radius 3 is 2.29 bits per heavy atom. The van der Waals surface area contributed by atoms with Crippen LogP contribution < -0.4 is 4.90 Å². The number of allylic oxidation sites excluding steroid dienone is 6. The summed E-state index contributed by atoms with van der Waals surface area (Å²) in [6, 6.07) is 20.2. The number of hydrogen-bond acceptors (Lipinski definition) is 5. The van der Waals surface area contributed by atoms with Crippen molar-refractivity contribution in [2.45, 2.75) is 38.5 Å². The van der Waals surface area contributed by atoms with Gasteiger partial charge in [-0.05, 0) is 31.6 Å². The van der Waals surface area contributed by atoms with E-state index >= 15 is 0 Å². The number of para-hydroxylation sites is 2. The Morgan fingerprint density at radius 1 is 1.03 bits per heavy atom. The van der Waals surface area contributed by atoms with Crippen molar-refractivity contribution < 1.29 is 14.5 Å². The van der Waals surface area contributed by atoms with E-state index in [9.17, 15) is 20.4 Å². The van der Waals surface area contributed by atoms with E-state index in [1.807, 2.05) is 66.2 Å². The summed E-state index contributed by atoms with van der Waals surface area (Å²) in [5, 5.41) is 29.5. The first-order valence-electron chi connectivity index (χ1n) is 12.8. The molecule has 2 aromatic carbocycles. The van der Waals surface area contributed by atoms with Crippen LogP contribution in [0.15, 0.2) is 83.1 Å². The third kappa shape index (κ3) is 3.49. The van der Waals surface area contributed by atoms with Gasteiger partial charge in [-0.3, -0.25) is 4.79 Å². The molecule has 190 valence electrons. The number of carbonyl (C=O) groups is 1. The van der Waals surface area contributed by atoms with Gasteiger partial charge < -0.3 is 10.0 Å². The fourth-order valence-electron chi connectivity index (χ4n) is 6.30. The van der Waals surface area contributed by atoms with Crippen LogP contribution in [0.3, 0.4) is 0 Å². The highest BCUT2D eigenvalue weighted by molar-refractivity contribution is 6.19. The zero-order valence-corrected chi connectivity index (χ0v) is 22.4. The molecule has 6 nitrogen and oxygen atoms in total. The summed E-state index contributed by atoms with van der Waals surface area (Å²) in [5.41, 5.74) is 6.22. The van der Waals surface area contributed by atoms with E-state index in [0.717, 1.165) is 28.3 Å². The Labute approximate surface area is 223 Å². The van der Waals surface area contributed by atoms with E-state index in [4.69, 9.17) is 0 Å². The topological polar surface area (TPSA) is 91.1 Å². The number of nitriles is 2. The second kappa shape index (κ2) is 8.94. The molecule has 2 aliphatic heterocycles. The molecule has 0 saturated heterocycles. The van der Waals surface area contributed by atoms with Crippen LogP contribution in [0.4, 0.5) is 11.4 Å². The lowest BCUT2D eigenvalue weighted by molar-refractivity contribution is -0.441. The third-order valence-corrected chi connectivity index (χ3v) is 8.31. The first-order valence-corrected chi connectivity index (χ1v) is 12.8. The largest absolute Gasteiger partial charge is 0.390 e. The fraction of sp³-hybridized carbons (Fsp3) is 0.312. The van der Waals surface area contributed by atoms with E-state index in [1.165, 1.54) is 5.56 Å². The number of aliphatic hydroxyl groups is 1. The Bertz CT molecular complexity index is 1570. The molecule has 1 aliphatic carbocycles. The molecule has 1 saturated carbocycles. The fourth-order valence-corrected chi connectivity index (χ4v) is 6.30. The highest BCUT2D eigenvalue weighted by atomic mass is 16.3. The summed E-state index contributed by atoms with van der Waals surface area (Å²) in [5.74, 6) is -0.792. The van der Waals surface area contributed by atoms with Gasteiger partial charge in [0.2, 0.25) is 5.69 Å². The van der Waals surface area contributed by atoms with Crippen LogP contribution in [0.2, 0.25) is 0 Å². The van der Waals surface area contributed by atoms with Crippen molar-refractivity contribution in [3.05, 3.63) is 94.2 Å². The maximum atomic E-state index is 13.8. The van der Waals surface area contributed by atoms with Gasteiger partial charge in [0.25, 0.3) is 0 Å². The number of hydrogen-bond donors (Lipinski definition) is 1. The maximum Gasteiger partial charge on any atom is 0.209 e. The summed E-state index contributed by atoms with van der Waals surface area (Å²) >= 11 is 0. The maximum absolute atomic E-state index is 13.8. The Balaban J connectivity index is 1.65. The minimum Gasteiger partial charge on any atom is -0.390 e. The molecule has 2 heterocycles. The molecule has 1 unspecified atom stereocenters. The molecule has 0 spiro atoms. The quantitative estimate of drug-likeness (QED) is 0.366. The number of rotatable bonds is 4. The van der Waals surface area contributed by atoms with E-state index in [0.29, 0.717) is 17.7 Å². The second-order valence-corrected chi connectivity index (χ2v) is 11.1. The average Bonchev–Trinajstić information content (AvgIpc) is 3.24. The van der Waals surface area contributed by atoms with Gasteiger partial charge in [-0.1, -0.05) is 50.2 Å². The van der Waals surface area contributed by atoms with Crippen LogP contribution in [0.5, 0.6) is 0 Å². The van der Waals surface area contributed by atoms with Crippen LogP contribution >= 0.6 is 0 Å². The lowest BCUT2D eigenvalue weighted by atomic mass is 9.68. The van der Waals surface area contributed by atoms with E-state index < -0.39 is 11.3 Å². The summed E-state index contributed by atoms with van der Waals surface area (Å²) in [6.45, 7) is 8.75. The van der Waals surface area contributed by atoms with Crippen LogP contribution in [-0.4, -0.2) is 41.4 Å². The van der Waals surface area contributed by atoms with Crippen LogP contribution in [0, 0.1) is 28.6 Å². The Kier molecular flexibility index (Phi) is 5.97. The van der Waals surface area contributed by atoms with Gasteiger partial charge in [0.1, 0.15) is 24.3 Å². The molecule has 5 rings (SSSR count). The van der Waals surface area contributed by atoms with Gasteiger partial charge in [-0.2, -0.15) is 15.1 Å². The first kappa shape index (κ1) is 25.4. The Morgan fingerprint density at radius 2 is 1.66 bits per heavy atom. The molecule has 1 fully saturated rings. The Hall–Kier alpha value is -4.26. The molecule has 0 aromatic heterocycles. The van der Waals surface area contributed by atoms with Gasteiger partial charge in [0.15, 0.2) is 18.0 Å². The normalized spacial score (nSPS) is 22.7. The van der Waals surface area contributed by atoms with Crippen molar-refractivity contribution in [1.82, 2.24) is 0 Å². The van der Waals surface area contributed by atoms with Gasteiger partial charge in [-0.15, -0.1) is 0 Å². The summed E-state index contributed by atoms with van der Waals surface area (Å²) in [7, 11) is 1.99. The van der Waals surface area contributed by atoms with Crippen LogP contribution in [0.25, 0.3) is 0 Å². The van der Waals surface area contributed by atoms with E-state index in [2.05, 4.69) is 50.8 Å². The minimum absolute atomic E-state index is 0.0451. The molecular formula is C32H31N4O2+. The summed E-state index contributed by atoms with van der Waals surface area (Å²) in [4.78, 5) is 15.8. The number of carbonyl (C=O) groups excluding carboxylic acids is 1. The number of β-amino-alcohol motifs (C(OH)–C–C–N with tert-alkyl or cyclic N) is 1. The number of Topliss-reactive ketones (excluding diaryl/α,β-unsaturated/α-hetero) is 1. The standard InChI is InChI=1S/C32H31N4O2/c1-31(2)23-10-6-8-12-25(23)35(5)27(31)16-21-29(20(18-33)19-34)22(30(21)38)17-28-32(3,4)24-11-7-9-13-26(24)36(28)14-15-37/h6-13,16-17,21,37H,14-15H2,1-5H3/q+1/b22-17+,27-16+. The number of benzene rings is 2. The summed E-state index contributed by atoms with van der Waals surface area (Å²) in [6.07, 6.45) is 3.75. The van der Waals surface area contributed by atoms with Gasteiger partial charge in [0, 0.05) is 52.7 Å². The van der Waals surface area contributed by atoms with Crippen molar-refractivity contribution >= 4 is 22.9 Å².